The average molecular weight is 364 g/mol. The van der Waals surface area contributed by atoms with E-state index in [1.165, 1.54) is 0 Å². The highest BCUT2D eigenvalue weighted by Gasteiger charge is 2.25. The van der Waals surface area contributed by atoms with Crippen LogP contribution in [-0.2, 0) is 6.54 Å². The maximum absolute atomic E-state index is 6.24. The molecule has 25 heavy (non-hydrogen) atoms. The Balaban J connectivity index is 1.60. The van der Waals surface area contributed by atoms with Gasteiger partial charge in [-0.2, -0.15) is 4.98 Å². The summed E-state index contributed by atoms with van der Waals surface area (Å²) in [7, 11) is 0. The third kappa shape index (κ3) is 4.60. The average Bonchev–Trinajstić information content (AvgIpc) is 3.22. The molecule has 1 saturated heterocycles. The number of hydrogen-bond donors (Lipinski definition) is 2. The van der Waals surface area contributed by atoms with Gasteiger partial charge < -0.3 is 20.1 Å². The standard InChI is InChI=1S/C16H22ClN7O/c1-3-18-16(20-9-14-21-11(2)25-23-14)22-12-6-8-24(10-12)15-13(17)5-4-7-19-15/h4-5,7,12H,3,6,8-10H2,1-2H3,(H2,18,20,22). The Labute approximate surface area is 151 Å². The number of aryl methyl sites for hydroxylation is 1. The molecule has 134 valence electrons. The highest BCUT2D eigenvalue weighted by atomic mass is 35.5. The highest BCUT2D eigenvalue weighted by Crippen LogP contribution is 2.25. The molecule has 0 bridgehead atoms. The number of nitrogens with one attached hydrogen (secondary N) is 2. The Morgan fingerprint density at radius 1 is 1.52 bits per heavy atom. The lowest BCUT2D eigenvalue weighted by Crippen LogP contribution is -2.44. The van der Waals surface area contributed by atoms with Crippen molar-refractivity contribution in [3.63, 3.8) is 0 Å². The molecule has 0 aliphatic carbocycles. The van der Waals surface area contributed by atoms with Crippen LogP contribution in [0.15, 0.2) is 27.8 Å². The molecule has 1 aliphatic heterocycles. The van der Waals surface area contributed by atoms with Gasteiger partial charge in [0.05, 0.1) is 5.02 Å². The van der Waals surface area contributed by atoms with Crippen LogP contribution >= 0.6 is 11.6 Å². The molecule has 1 unspecified atom stereocenters. The molecule has 0 spiro atoms. The Morgan fingerprint density at radius 3 is 3.12 bits per heavy atom. The van der Waals surface area contributed by atoms with E-state index in [0.717, 1.165) is 37.8 Å². The zero-order valence-electron chi connectivity index (χ0n) is 14.4. The molecule has 2 aromatic heterocycles. The SMILES string of the molecule is CCNC(=NCc1noc(C)n1)NC1CCN(c2ncccc2Cl)C1. The van der Waals surface area contributed by atoms with E-state index in [-0.39, 0.29) is 6.04 Å². The molecule has 0 amide bonds. The zero-order chi connectivity index (χ0) is 17.6. The normalized spacial score (nSPS) is 17.8. The van der Waals surface area contributed by atoms with Crippen molar-refractivity contribution in [1.29, 1.82) is 0 Å². The van der Waals surface area contributed by atoms with Gasteiger partial charge in [0.15, 0.2) is 11.8 Å². The van der Waals surface area contributed by atoms with Crippen LogP contribution in [0.4, 0.5) is 5.82 Å². The van der Waals surface area contributed by atoms with Crippen LogP contribution in [0.1, 0.15) is 25.1 Å². The number of guanidine groups is 1. The van der Waals surface area contributed by atoms with Gasteiger partial charge in [0.2, 0.25) is 5.89 Å². The Kier molecular flexibility index (Phi) is 5.70. The van der Waals surface area contributed by atoms with Crippen LogP contribution in [0.25, 0.3) is 0 Å². The fraction of sp³-hybridized carbons (Fsp3) is 0.500. The summed E-state index contributed by atoms with van der Waals surface area (Å²) >= 11 is 6.24. The van der Waals surface area contributed by atoms with E-state index in [2.05, 4.69) is 35.7 Å². The predicted octanol–water partition coefficient (Wildman–Crippen LogP) is 1.76. The molecule has 1 aliphatic rings. The van der Waals surface area contributed by atoms with E-state index < -0.39 is 0 Å². The molecule has 9 heteroatoms. The quantitative estimate of drug-likeness (QED) is 0.617. The van der Waals surface area contributed by atoms with Gasteiger partial charge in [-0.3, -0.25) is 0 Å². The number of rotatable bonds is 5. The summed E-state index contributed by atoms with van der Waals surface area (Å²) in [5, 5.41) is 11.2. The van der Waals surface area contributed by atoms with E-state index >= 15 is 0 Å². The fourth-order valence-electron chi connectivity index (χ4n) is 2.75. The topological polar surface area (TPSA) is 91.5 Å². The second kappa shape index (κ2) is 8.15. The first-order valence-electron chi connectivity index (χ1n) is 8.35. The second-order valence-electron chi connectivity index (χ2n) is 5.81. The largest absolute Gasteiger partial charge is 0.357 e. The fourth-order valence-corrected chi connectivity index (χ4v) is 2.99. The summed E-state index contributed by atoms with van der Waals surface area (Å²) in [5.41, 5.74) is 0. The Hall–Kier alpha value is -2.35. The van der Waals surface area contributed by atoms with Crippen LogP contribution in [0.5, 0.6) is 0 Å². The van der Waals surface area contributed by atoms with Crippen molar-refractivity contribution in [1.82, 2.24) is 25.8 Å². The van der Waals surface area contributed by atoms with Gasteiger partial charge in [0.25, 0.3) is 0 Å². The van der Waals surface area contributed by atoms with E-state index in [9.17, 15) is 0 Å². The number of aliphatic imine (C=N–C) groups is 1. The molecule has 2 aromatic rings. The summed E-state index contributed by atoms with van der Waals surface area (Å²) in [6.07, 6.45) is 2.75. The lowest BCUT2D eigenvalue weighted by atomic mass is 10.3. The predicted molar refractivity (Wildman–Crippen MR) is 96.9 cm³/mol. The molecule has 8 nitrogen and oxygen atoms in total. The summed E-state index contributed by atoms with van der Waals surface area (Å²) in [5.74, 6) is 2.69. The summed E-state index contributed by atoms with van der Waals surface area (Å²) in [6.45, 7) is 6.67. The number of nitrogens with zero attached hydrogens (tertiary/aromatic N) is 5. The summed E-state index contributed by atoms with van der Waals surface area (Å²) in [4.78, 5) is 15.3. The molecule has 0 saturated carbocycles. The molecular weight excluding hydrogens is 342 g/mol. The lowest BCUT2D eigenvalue weighted by Gasteiger charge is -2.20. The minimum absolute atomic E-state index is 0.267. The van der Waals surface area contributed by atoms with Crippen LogP contribution in [-0.4, -0.2) is 46.8 Å². The van der Waals surface area contributed by atoms with Crippen LogP contribution in [0.2, 0.25) is 5.02 Å². The Morgan fingerprint density at radius 2 is 2.40 bits per heavy atom. The monoisotopic (exact) mass is 363 g/mol. The van der Waals surface area contributed by atoms with Crippen molar-refractivity contribution >= 4 is 23.4 Å². The number of hydrogen-bond acceptors (Lipinski definition) is 6. The van der Waals surface area contributed by atoms with E-state index in [1.54, 1.807) is 13.1 Å². The molecule has 1 atom stereocenters. The number of aromatic nitrogens is 3. The van der Waals surface area contributed by atoms with Crippen molar-refractivity contribution in [2.45, 2.75) is 32.9 Å². The first-order chi connectivity index (χ1) is 12.2. The van der Waals surface area contributed by atoms with Gasteiger partial charge in [-0.05, 0) is 25.5 Å². The minimum Gasteiger partial charge on any atom is -0.357 e. The van der Waals surface area contributed by atoms with Gasteiger partial charge in [-0.1, -0.05) is 16.8 Å². The van der Waals surface area contributed by atoms with Crippen molar-refractivity contribution in [3.05, 3.63) is 35.1 Å². The van der Waals surface area contributed by atoms with Gasteiger partial charge in [-0.15, -0.1) is 0 Å². The van der Waals surface area contributed by atoms with Crippen molar-refractivity contribution in [3.8, 4) is 0 Å². The molecule has 0 radical (unpaired) electrons. The van der Waals surface area contributed by atoms with Crippen LogP contribution in [0.3, 0.4) is 0 Å². The number of halogens is 1. The molecule has 0 aromatic carbocycles. The summed E-state index contributed by atoms with van der Waals surface area (Å²) < 4.78 is 4.97. The van der Waals surface area contributed by atoms with E-state index in [4.69, 9.17) is 16.1 Å². The first-order valence-corrected chi connectivity index (χ1v) is 8.73. The van der Waals surface area contributed by atoms with Gasteiger partial charge >= 0.3 is 0 Å². The smallest absolute Gasteiger partial charge is 0.223 e. The number of pyridine rings is 1. The lowest BCUT2D eigenvalue weighted by molar-refractivity contribution is 0.387. The summed E-state index contributed by atoms with van der Waals surface area (Å²) in [6, 6.07) is 3.97. The minimum atomic E-state index is 0.267. The molecule has 3 rings (SSSR count). The van der Waals surface area contributed by atoms with Crippen molar-refractivity contribution in [2.75, 3.05) is 24.5 Å². The molecule has 3 heterocycles. The zero-order valence-corrected chi connectivity index (χ0v) is 15.1. The van der Waals surface area contributed by atoms with Gasteiger partial charge in [0.1, 0.15) is 12.4 Å². The molecule has 2 N–H and O–H groups in total. The van der Waals surface area contributed by atoms with E-state index in [1.807, 2.05) is 19.1 Å². The van der Waals surface area contributed by atoms with Gasteiger partial charge in [-0.25, -0.2) is 9.98 Å². The third-order valence-electron chi connectivity index (χ3n) is 3.86. The molecular formula is C16H22ClN7O. The van der Waals surface area contributed by atoms with Crippen molar-refractivity contribution < 1.29 is 4.52 Å². The maximum Gasteiger partial charge on any atom is 0.223 e. The van der Waals surface area contributed by atoms with Crippen molar-refractivity contribution in [2.24, 2.45) is 4.99 Å². The van der Waals surface area contributed by atoms with E-state index in [0.29, 0.717) is 23.3 Å². The first kappa shape index (κ1) is 17.5. The molecule has 1 fully saturated rings. The third-order valence-corrected chi connectivity index (χ3v) is 4.16. The second-order valence-corrected chi connectivity index (χ2v) is 6.22. The maximum atomic E-state index is 6.24. The Bertz CT molecular complexity index is 733. The number of anilines is 1. The van der Waals surface area contributed by atoms with Crippen LogP contribution in [0, 0.1) is 6.92 Å². The highest BCUT2D eigenvalue weighted by molar-refractivity contribution is 6.32. The van der Waals surface area contributed by atoms with Crippen LogP contribution < -0.4 is 15.5 Å². The van der Waals surface area contributed by atoms with Gasteiger partial charge in [0, 0.05) is 38.8 Å².